The standard InChI is InChI=1S/C27H29N3O4S/c1-34-22-7-5-4-6-18(22)26-19-10-8-16(28)14-23(19)35(2,3)24-15-17(9-11-20(24)26)30-25(31)13-12-21(29)27(32)33/h4-11,14-15,21,28H,12-13,29H2,1-3H3,(H,30,31)(H,32,33)/t21-/m0/s1. The minimum Gasteiger partial charge on any atom is -0.496 e. The largest absolute Gasteiger partial charge is 0.496 e. The van der Waals surface area contributed by atoms with Gasteiger partial charge in [-0.2, -0.15) is 10.0 Å². The summed E-state index contributed by atoms with van der Waals surface area (Å²) in [6, 6.07) is 12.7. The second-order valence-electron chi connectivity index (χ2n) is 8.86. The first-order chi connectivity index (χ1) is 16.6. The molecule has 182 valence electrons. The average Bonchev–Trinajstić information content (AvgIpc) is 2.83. The number of carbonyl (C=O) groups is 2. The normalized spacial score (nSPS) is 17.6. The summed E-state index contributed by atoms with van der Waals surface area (Å²) in [4.78, 5) is 25.6. The molecule has 5 N–H and O–H groups in total. The maximum Gasteiger partial charge on any atom is 0.320 e. The van der Waals surface area contributed by atoms with E-state index in [1.165, 1.54) is 0 Å². The Hall–Kier alpha value is -3.62. The number of carboxylic acid groups (broad SMARTS) is 1. The molecule has 2 aromatic carbocycles. The number of fused-ring (bicyclic) bond motifs is 2. The number of nitrogens with two attached hydrogens (primary N) is 1. The van der Waals surface area contributed by atoms with Gasteiger partial charge in [0.25, 0.3) is 0 Å². The first kappa shape index (κ1) is 24.5. The van der Waals surface area contributed by atoms with Crippen molar-refractivity contribution in [3.63, 3.8) is 0 Å². The molecule has 4 rings (SSSR count). The van der Waals surface area contributed by atoms with Gasteiger partial charge in [-0.25, -0.2) is 0 Å². The van der Waals surface area contributed by atoms with Crippen molar-refractivity contribution in [3.8, 4) is 5.75 Å². The highest BCUT2D eigenvalue weighted by atomic mass is 32.3. The van der Waals surface area contributed by atoms with Crippen molar-refractivity contribution in [3.05, 3.63) is 82.3 Å². The Bertz CT molecular complexity index is 1320. The van der Waals surface area contributed by atoms with Crippen molar-refractivity contribution < 1.29 is 19.4 Å². The number of methoxy groups -OCH3 is 1. The molecule has 2 aliphatic rings. The van der Waals surface area contributed by atoms with Crippen LogP contribution in [0.4, 0.5) is 5.69 Å². The Balaban J connectivity index is 1.80. The number of carbonyl (C=O) groups excluding carboxylic acids is 1. The average molecular weight is 492 g/mol. The first-order valence-corrected chi connectivity index (χ1v) is 13.6. The van der Waals surface area contributed by atoms with E-state index in [2.05, 4.69) is 17.8 Å². The lowest BCUT2D eigenvalue weighted by molar-refractivity contribution is -0.138. The minimum absolute atomic E-state index is 0.0183. The lowest BCUT2D eigenvalue weighted by Gasteiger charge is -2.43. The number of benzene rings is 2. The van der Waals surface area contributed by atoms with Crippen molar-refractivity contribution in [1.82, 2.24) is 0 Å². The summed E-state index contributed by atoms with van der Waals surface area (Å²) >= 11 is 0. The smallest absolute Gasteiger partial charge is 0.320 e. The van der Waals surface area contributed by atoms with E-state index in [0.717, 1.165) is 37.8 Å². The molecule has 0 spiro atoms. The Morgan fingerprint density at radius 3 is 2.60 bits per heavy atom. The third kappa shape index (κ3) is 4.67. The number of anilines is 1. The van der Waals surface area contributed by atoms with E-state index in [1.54, 1.807) is 7.11 Å². The molecule has 0 fully saturated rings. The van der Waals surface area contributed by atoms with Gasteiger partial charge in [0.1, 0.15) is 11.8 Å². The number of ether oxygens (including phenoxy) is 1. The molecule has 8 heteroatoms. The molecule has 1 amide bonds. The number of rotatable bonds is 7. The van der Waals surface area contributed by atoms with E-state index < -0.39 is 22.0 Å². The molecule has 0 saturated heterocycles. The third-order valence-electron chi connectivity index (χ3n) is 6.26. The molecule has 35 heavy (non-hydrogen) atoms. The van der Waals surface area contributed by atoms with Crippen LogP contribution >= 0.6 is 10.0 Å². The maximum absolute atomic E-state index is 12.5. The number of amides is 1. The Kier molecular flexibility index (Phi) is 6.69. The minimum atomic E-state index is -1.51. The second kappa shape index (κ2) is 9.56. The van der Waals surface area contributed by atoms with E-state index in [1.807, 2.05) is 60.7 Å². The van der Waals surface area contributed by atoms with Crippen LogP contribution in [0.2, 0.25) is 0 Å². The van der Waals surface area contributed by atoms with Crippen molar-refractivity contribution >= 4 is 38.9 Å². The summed E-state index contributed by atoms with van der Waals surface area (Å²) in [5.74, 6) is -0.645. The van der Waals surface area contributed by atoms with Crippen LogP contribution in [0.25, 0.3) is 5.57 Å². The topological polar surface area (TPSA) is 126 Å². The summed E-state index contributed by atoms with van der Waals surface area (Å²) in [7, 11) is 0.144. The molecule has 2 aromatic rings. The lowest BCUT2D eigenvalue weighted by atomic mass is 9.89. The van der Waals surface area contributed by atoms with Crippen LogP contribution in [-0.2, 0) is 9.59 Å². The van der Waals surface area contributed by atoms with Gasteiger partial charge in [-0.3, -0.25) is 9.59 Å². The molecule has 0 radical (unpaired) electrons. The predicted octanol–water partition coefficient (Wildman–Crippen LogP) is 4.54. The fourth-order valence-electron chi connectivity index (χ4n) is 4.42. The Morgan fingerprint density at radius 1 is 1.14 bits per heavy atom. The highest BCUT2D eigenvalue weighted by Crippen LogP contribution is 2.66. The van der Waals surface area contributed by atoms with Gasteiger partial charge in [-0.15, -0.1) is 0 Å². The Labute approximate surface area is 206 Å². The number of nitrogens with one attached hydrogen (secondary N) is 2. The van der Waals surface area contributed by atoms with Gasteiger partial charge in [-0.05, 0) is 60.4 Å². The van der Waals surface area contributed by atoms with Crippen LogP contribution in [0.5, 0.6) is 5.75 Å². The number of hydrogen-bond donors (Lipinski definition) is 4. The van der Waals surface area contributed by atoms with E-state index in [9.17, 15) is 9.59 Å². The number of carboxylic acids is 1. The number of allylic oxidation sites excluding steroid dienone is 4. The molecular weight excluding hydrogens is 462 g/mol. The van der Waals surface area contributed by atoms with E-state index >= 15 is 0 Å². The van der Waals surface area contributed by atoms with Gasteiger partial charge in [-0.1, -0.05) is 30.3 Å². The van der Waals surface area contributed by atoms with Crippen molar-refractivity contribution in [1.29, 1.82) is 5.41 Å². The zero-order valence-electron chi connectivity index (χ0n) is 19.9. The third-order valence-corrected chi connectivity index (χ3v) is 9.14. The molecular formula is C27H29N3O4S. The van der Waals surface area contributed by atoms with E-state index in [-0.39, 0.29) is 18.7 Å². The van der Waals surface area contributed by atoms with Crippen LogP contribution in [0.1, 0.15) is 24.0 Å². The zero-order chi connectivity index (χ0) is 25.3. The highest BCUT2D eigenvalue weighted by molar-refractivity contribution is 8.36. The van der Waals surface area contributed by atoms with Gasteiger partial charge >= 0.3 is 5.97 Å². The summed E-state index contributed by atoms with van der Waals surface area (Å²) < 4.78 is 5.68. The fraction of sp³-hybridized carbons (Fsp3) is 0.222. The van der Waals surface area contributed by atoms with Crippen LogP contribution in [0.3, 0.4) is 0 Å². The zero-order valence-corrected chi connectivity index (χ0v) is 20.7. The van der Waals surface area contributed by atoms with E-state index in [0.29, 0.717) is 11.4 Å². The summed E-state index contributed by atoms with van der Waals surface area (Å²) in [6.07, 6.45) is 10.2. The van der Waals surface area contributed by atoms with Gasteiger partial charge in [0.15, 0.2) is 0 Å². The van der Waals surface area contributed by atoms with Crippen LogP contribution < -0.4 is 15.8 Å². The van der Waals surface area contributed by atoms with Crippen molar-refractivity contribution in [2.75, 3.05) is 24.9 Å². The fourth-order valence-corrected chi connectivity index (χ4v) is 6.94. The van der Waals surface area contributed by atoms with Gasteiger partial charge in [0, 0.05) is 33.0 Å². The first-order valence-electron chi connectivity index (χ1n) is 11.2. The second-order valence-corrected chi connectivity index (χ2v) is 12.4. The number of hydrogen-bond acceptors (Lipinski definition) is 5. The molecule has 1 atom stereocenters. The molecule has 0 saturated carbocycles. The summed E-state index contributed by atoms with van der Waals surface area (Å²) in [6.45, 7) is 0. The van der Waals surface area contributed by atoms with Crippen molar-refractivity contribution in [2.45, 2.75) is 23.8 Å². The van der Waals surface area contributed by atoms with Crippen LogP contribution in [-0.4, -0.2) is 48.4 Å². The van der Waals surface area contributed by atoms with Gasteiger partial charge < -0.3 is 26.3 Å². The van der Waals surface area contributed by atoms with Crippen LogP contribution in [0, 0.1) is 5.41 Å². The van der Waals surface area contributed by atoms with E-state index in [4.69, 9.17) is 21.0 Å². The lowest BCUT2D eigenvalue weighted by Crippen LogP contribution is -2.31. The quantitative estimate of drug-likeness (QED) is 0.453. The maximum atomic E-state index is 12.5. The SMILES string of the molecule is COc1ccccc1C1=C2C=CC(=N)C=C2S(C)(C)c2cc(NC(=O)CC[C@H](N)C(=O)O)ccc21. The molecule has 0 unspecified atom stereocenters. The predicted molar refractivity (Wildman–Crippen MR) is 142 cm³/mol. The van der Waals surface area contributed by atoms with Crippen molar-refractivity contribution in [2.24, 2.45) is 5.73 Å². The number of para-hydroxylation sites is 1. The molecule has 0 aromatic heterocycles. The van der Waals surface area contributed by atoms with Gasteiger partial charge in [0.05, 0.1) is 12.8 Å². The molecule has 0 bridgehead atoms. The summed E-state index contributed by atoms with van der Waals surface area (Å²) in [5.41, 5.74) is 10.8. The molecule has 1 aliphatic carbocycles. The number of aliphatic carboxylic acids is 1. The van der Waals surface area contributed by atoms with Crippen LogP contribution in [0.15, 0.2) is 76.1 Å². The molecule has 1 heterocycles. The molecule has 7 nitrogen and oxygen atoms in total. The summed E-state index contributed by atoms with van der Waals surface area (Å²) in [5, 5.41) is 20.1. The van der Waals surface area contributed by atoms with Gasteiger partial charge in [0.2, 0.25) is 5.91 Å². The molecule has 1 aliphatic heterocycles. The monoisotopic (exact) mass is 491 g/mol. The Morgan fingerprint density at radius 2 is 1.89 bits per heavy atom. The highest BCUT2D eigenvalue weighted by Gasteiger charge is 2.35.